The van der Waals surface area contributed by atoms with Crippen LogP contribution in [0.5, 0.6) is 0 Å². The number of hydrogen-bond donors (Lipinski definition) is 2. The average Bonchev–Trinajstić information content (AvgIpc) is 2.54. The Morgan fingerprint density at radius 2 is 1.91 bits per heavy atom. The van der Waals surface area contributed by atoms with Crippen molar-refractivity contribution in [3.8, 4) is 0 Å². The number of carbonyl (C=O) groups is 1. The Labute approximate surface area is 141 Å². The zero-order chi connectivity index (χ0) is 16.7. The number of hydrogen-bond acceptors (Lipinski definition) is 4. The molecule has 0 atom stereocenters. The molecule has 0 saturated heterocycles. The second kappa shape index (κ2) is 8.39. The molecule has 4 nitrogen and oxygen atoms in total. The van der Waals surface area contributed by atoms with Gasteiger partial charge in [-0.05, 0) is 49.4 Å². The molecule has 0 heterocycles. The number of carbonyl (C=O) groups excluding carboxylic acids is 1. The van der Waals surface area contributed by atoms with Crippen LogP contribution < -0.4 is 10.7 Å². The van der Waals surface area contributed by atoms with Gasteiger partial charge in [0.25, 0.3) is 5.91 Å². The molecule has 0 radical (unpaired) electrons. The van der Waals surface area contributed by atoms with Gasteiger partial charge in [0.2, 0.25) is 0 Å². The Balaban J connectivity index is 1.81. The summed E-state index contributed by atoms with van der Waals surface area (Å²) >= 11 is 1.69. The van der Waals surface area contributed by atoms with Crippen molar-refractivity contribution in [3.05, 3.63) is 59.2 Å². The standard InChI is InChI=1S/C18H21N3OS/c1-13-4-9-17(14(2)10-13)19-12-18(22)21-20-11-15-5-7-16(23-3)8-6-15/h4-11,19H,12H2,1-3H3,(H,21,22)/b20-11+. The number of rotatable bonds is 6. The first-order valence-electron chi connectivity index (χ1n) is 7.35. The van der Waals surface area contributed by atoms with Crippen LogP contribution in [0.4, 0.5) is 5.69 Å². The van der Waals surface area contributed by atoms with Crippen molar-refractivity contribution >= 4 is 29.6 Å². The minimum absolute atomic E-state index is 0.179. The lowest BCUT2D eigenvalue weighted by molar-refractivity contribution is -0.119. The molecule has 2 aromatic rings. The minimum Gasteiger partial charge on any atom is -0.376 e. The maximum Gasteiger partial charge on any atom is 0.259 e. The van der Waals surface area contributed by atoms with Gasteiger partial charge in [-0.3, -0.25) is 4.79 Å². The number of nitrogens with zero attached hydrogens (tertiary/aromatic N) is 1. The molecule has 2 aromatic carbocycles. The van der Waals surface area contributed by atoms with Crippen molar-refractivity contribution in [1.82, 2.24) is 5.43 Å². The van der Waals surface area contributed by atoms with E-state index in [0.29, 0.717) is 0 Å². The summed E-state index contributed by atoms with van der Waals surface area (Å²) in [6.07, 6.45) is 3.67. The maximum atomic E-state index is 11.8. The molecule has 5 heteroatoms. The first-order valence-corrected chi connectivity index (χ1v) is 8.58. The Morgan fingerprint density at radius 3 is 2.57 bits per heavy atom. The summed E-state index contributed by atoms with van der Waals surface area (Å²) in [5, 5.41) is 7.09. The zero-order valence-corrected chi connectivity index (χ0v) is 14.4. The number of nitrogens with one attached hydrogen (secondary N) is 2. The van der Waals surface area contributed by atoms with Crippen LogP contribution in [0.25, 0.3) is 0 Å². The van der Waals surface area contributed by atoms with Gasteiger partial charge in [-0.25, -0.2) is 5.43 Å². The van der Waals surface area contributed by atoms with E-state index >= 15 is 0 Å². The van der Waals surface area contributed by atoms with Crippen LogP contribution in [0, 0.1) is 13.8 Å². The fourth-order valence-corrected chi connectivity index (χ4v) is 2.50. The van der Waals surface area contributed by atoms with E-state index in [1.54, 1.807) is 18.0 Å². The van der Waals surface area contributed by atoms with E-state index in [1.807, 2.05) is 56.5 Å². The largest absolute Gasteiger partial charge is 0.376 e. The average molecular weight is 327 g/mol. The summed E-state index contributed by atoms with van der Waals surface area (Å²) in [5.74, 6) is -0.179. The topological polar surface area (TPSA) is 53.5 Å². The van der Waals surface area contributed by atoms with E-state index in [1.165, 1.54) is 10.5 Å². The highest BCUT2D eigenvalue weighted by Crippen LogP contribution is 2.15. The summed E-state index contributed by atoms with van der Waals surface area (Å²) in [6.45, 7) is 4.25. The van der Waals surface area contributed by atoms with Gasteiger partial charge in [0, 0.05) is 10.6 Å². The van der Waals surface area contributed by atoms with Crippen molar-refractivity contribution in [2.75, 3.05) is 18.1 Å². The van der Waals surface area contributed by atoms with Gasteiger partial charge in [-0.15, -0.1) is 11.8 Å². The van der Waals surface area contributed by atoms with Crippen LogP contribution in [0.3, 0.4) is 0 Å². The number of benzene rings is 2. The summed E-state index contributed by atoms with van der Waals surface area (Å²) in [4.78, 5) is 13.0. The second-order valence-corrected chi connectivity index (χ2v) is 6.12. The van der Waals surface area contributed by atoms with Crippen LogP contribution in [-0.4, -0.2) is 24.9 Å². The molecule has 0 bridgehead atoms. The molecule has 0 aliphatic heterocycles. The Bertz CT molecular complexity index is 696. The number of anilines is 1. The summed E-state index contributed by atoms with van der Waals surface area (Å²) in [6, 6.07) is 14.1. The molecule has 23 heavy (non-hydrogen) atoms. The molecule has 120 valence electrons. The lowest BCUT2D eigenvalue weighted by Crippen LogP contribution is -2.26. The lowest BCUT2D eigenvalue weighted by Gasteiger charge is -2.09. The first-order chi connectivity index (χ1) is 11.1. The van der Waals surface area contributed by atoms with Crippen molar-refractivity contribution in [2.24, 2.45) is 5.10 Å². The van der Waals surface area contributed by atoms with Crippen LogP contribution in [-0.2, 0) is 4.79 Å². The van der Waals surface area contributed by atoms with Crippen molar-refractivity contribution in [1.29, 1.82) is 0 Å². The number of hydrazone groups is 1. The van der Waals surface area contributed by atoms with E-state index in [9.17, 15) is 4.79 Å². The summed E-state index contributed by atoms with van der Waals surface area (Å²) < 4.78 is 0. The number of aryl methyl sites for hydroxylation is 2. The van der Waals surface area contributed by atoms with Gasteiger partial charge in [0.15, 0.2) is 0 Å². The lowest BCUT2D eigenvalue weighted by atomic mass is 10.1. The Kier molecular flexibility index (Phi) is 6.23. The summed E-state index contributed by atoms with van der Waals surface area (Å²) in [5.41, 5.74) is 6.76. The highest BCUT2D eigenvalue weighted by molar-refractivity contribution is 7.98. The first kappa shape index (κ1) is 17.1. The predicted molar refractivity (Wildman–Crippen MR) is 98.4 cm³/mol. The molecule has 0 aliphatic rings. The molecule has 0 unspecified atom stereocenters. The normalized spacial score (nSPS) is 10.7. The highest BCUT2D eigenvalue weighted by atomic mass is 32.2. The van der Waals surface area contributed by atoms with Crippen LogP contribution in [0.2, 0.25) is 0 Å². The molecule has 0 spiro atoms. The van der Waals surface area contributed by atoms with E-state index in [-0.39, 0.29) is 12.5 Å². The van der Waals surface area contributed by atoms with E-state index in [0.717, 1.165) is 16.8 Å². The quantitative estimate of drug-likeness (QED) is 0.484. The third kappa shape index (κ3) is 5.45. The van der Waals surface area contributed by atoms with Gasteiger partial charge in [-0.2, -0.15) is 5.10 Å². The second-order valence-electron chi connectivity index (χ2n) is 5.24. The van der Waals surface area contributed by atoms with Crippen LogP contribution >= 0.6 is 11.8 Å². The molecule has 2 rings (SSSR count). The van der Waals surface area contributed by atoms with Gasteiger partial charge in [0.05, 0.1) is 12.8 Å². The van der Waals surface area contributed by atoms with Crippen molar-refractivity contribution in [3.63, 3.8) is 0 Å². The Morgan fingerprint density at radius 1 is 1.17 bits per heavy atom. The zero-order valence-electron chi connectivity index (χ0n) is 13.6. The Hall–Kier alpha value is -2.27. The predicted octanol–water partition coefficient (Wildman–Crippen LogP) is 3.59. The van der Waals surface area contributed by atoms with Gasteiger partial charge < -0.3 is 5.32 Å². The van der Waals surface area contributed by atoms with Crippen LogP contribution in [0.15, 0.2) is 52.5 Å². The SMILES string of the molecule is CSc1ccc(/C=N/NC(=O)CNc2ccc(C)cc2C)cc1. The van der Waals surface area contributed by atoms with E-state index < -0.39 is 0 Å². The molecular weight excluding hydrogens is 306 g/mol. The van der Waals surface area contributed by atoms with Crippen molar-refractivity contribution < 1.29 is 4.79 Å². The molecule has 0 fully saturated rings. The van der Waals surface area contributed by atoms with Crippen molar-refractivity contribution in [2.45, 2.75) is 18.7 Å². The molecule has 0 aromatic heterocycles. The van der Waals surface area contributed by atoms with E-state index in [4.69, 9.17) is 0 Å². The fraction of sp³-hybridized carbons (Fsp3) is 0.222. The summed E-state index contributed by atoms with van der Waals surface area (Å²) in [7, 11) is 0. The minimum atomic E-state index is -0.179. The fourth-order valence-electron chi connectivity index (χ4n) is 2.10. The highest BCUT2D eigenvalue weighted by Gasteiger charge is 2.02. The molecular formula is C18H21N3OS. The monoisotopic (exact) mass is 327 g/mol. The van der Waals surface area contributed by atoms with Crippen LogP contribution in [0.1, 0.15) is 16.7 Å². The third-order valence-electron chi connectivity index (χ3n) is 3.34. The third-order valence-corrected chi connectivity index (χ3v) is 4.08. The van der Waals surface area contributed by atoms with Gasteiger partial charge >= 0.3 is 0 Å². The molecule has 1 amide bonds. The maximum absolute atomic E-state index is 11.8. The van der Waals surface area contributed by atoms with Gasteiger partial charge in [-0.1, -0.05) is 29.8 Å². The smallest absolute Gasteiger partial charge is 0.259 e. The number of amides is 1. The number of thioether (sulfide) groups is 1. The molecule has 0 aliphatic carbocycles. The molecule has 2 N–H and O–H groups in total. The van der Waals surface area contributed by atoms with E-state index in [2.05, 4.69) is 21.9 Å². The molecule has 0 saturated carbocycles. The van der Waals surface area contributed by atoms with Gasteiger partial charge in [0.1, 0.15) is 0 Å².